The Labute approximate surface area is 141 Å². The minimum absolute atomic E-state index is 0.292. The number of benzene rings is 3. The van der Waals surface area contributed by atoms with E-state index in [2.05, 4.69) is 41.3 Å². The second-order valence-corrected chi connectivity index (χ2v) is 6.27. The summed E-state index contributed by atoms with van der Waals surface area (Å²) in [6, 6.07) is 20.8. The highest BCUT2D eigenvalue weighted by molar-refractivity contribution is 5.90. The van der Waals surface area contributed by atoms with Gasteiger partial charge in [-0.05, 0) is 39.6 Å². The molecule has 3 aromatic rings. The molecule has 24 heavy (non-hydrogen) atoms. The maximum absolute atomic E-state index is 11.5. The van der Waals surface area contributed by atoms with Crippen LogP contribution in [-0.4, -0.2) is 18.0 Å². The first-order chi connectivity index (χ1) is 11.7. The zero-order valence-corrected chi connectivity index (χ0v) is 13.7. The fourth-order valence-corrected chi connectivity index (χ4v) is 3.54. The molecule has 0 N–H and O–H groups in total. The smallest absolute Gasteiger partial charge is 0.337 e. The maximum atomic E-state index is 11.5. The highest BCUT2D eigenvalue weighted by atomic mass is 16.5. The van der Waals surface area contributed by atoms with Gasteiger partial charge in [-0.3, -0.25) is 4.90 Å². The standard InChI is InChI=1S/C21H19NO2/c1-24-21(23)17-10-8-15(9-11-17)12-22-13-18-6-2-4-16-5-3-7-19(14-22)20(16)18/h2-11H,12-14H2,1H3. The van der Waals surface area contributed by atoms with Gasteiger partial charge >= 0.3 is 5.97 Å². The molecule has 120 valence electrons. The van der Waals surface area contributed by atoms with E-state index in [0.717, 1.165) is 19.6 Å². The Bertz CT molecular complexity index is 859. The Hall–Kier alpha value is -2.65. The third-order valence-electron chi connectivity index (χ3n) is 4.65. The van der Waals surface area contributed by atoms with Crippen LogP contribution in [-0.2, 0) is 24.4 Å². The van der Waals surface area contributed by atoms with Gasteiger partial charge in [0.05, 0.1) is 12.7 Å². The molecule has 1 aliphatic heterocycles. The Kier molecular flexibility index (Phi) is 3.79. The first-order valence-corrected chi connectivity index (χ1v) is 8.14. The lowest BCUT2D eigenvalue weighted by molar-refractivity contribution is 0.0600. The van der Waals surface area contributed by atoms with E-state index in [1.54, 1.807) is 0 Å². The zero-order chi connectivity index (χ0) is 16.5. The predicted molar refractivity (Wildman–Crippen MR) is 94.7 cm³/mol. The second kappa shape index (κ2) is 6.10. The monoisotopic (exact) mass is 317 g/mol. The summed E-state index contributed by atoms with van der Waals surface area (Å²) in [5.74, 6) is -0.292. The van der Waals surface area contributed by atoms with Crippen molar-refractivity contribution in [3.8, 4) is 0 Å². The molecule has 0 saturated carbocycles. The van der Waals surface area contributed by atoms with Crippen molar-refractivity contribution in [2.75, 3.05) is 7.11 Å². The van der Waals surface area contributed by atoms with E-state index in [-0.39, 0.29) is 5.97 Å². The van der Waals surface area contributed by atoms with Gasteiger partial charge in [0.2, 0.25) is 0 Å². The van der Waals surface area contributed by atoms with Gasteiger partial charge in [-0.1, -0.05) is 48.5 Å². The summed E-state index contributed by atoms with van der Waals surface area (Å²) in [5, 5.41) is 2.74. The van der Waals surface area contributed by atoms with E-state index in [4.69, 9.17) is 4.74 Å². The summed E-state index contributed by atoms with van der Waals surface area (Å²) in [7, 11) is 1.40. The third-order valence-corrected chi connectivity index (χ3v) is 4.65. The summed E-state index contributed by atoms with van der Waals surface area (Å²) < 4.78 is 4.75. The summed E-state index contributed by atoms with van der Waals surface area (Å²) in [6.45, 7) is 2.77. The molecule has 0 saturated heterocycles. The van der Waals surface area contributed by atoms with Crippen LogP contribution in [0, 0.1) is 0 Å². The van der Waals surface area contributed by atoms with Crippen molar-refractivity contribution < 1.29 is 9.53 Å². The molecule has 1 aliphatic rings. The van der Waals surface area contributed by atoms with Crippen molar-refractivity contribution in [2.24, 2.45) is 0 Å². The van der Waals surface area contributed by atoms with Gasteiger partial charge in [-0.25, -0.2) is 4.79 Å². The van der Waals surface area contributed by atoms with Crippen molar-refractivity contribution in [1.82, 2.24) is 4.90 Å². The molecular formula is C21H19NO2. The summed E-state index contributed by atoms with van der Waals surface area (Å²) in [4.78, 5) is 14.0. The summed E-state index contributed by atoms with van der Waals surface area (Å²) in [6.07, 6.45) is 0. The van der Waals surface area contributed by atoms with Gasteiger partial charge in [0, 0.05) is 19.6 Å². The van der Waals surface area contributed by atoms with Gasteiger partial charge in [-0.2, -0.15) is 0 Å². The Balaban J connectivity index is 1.56. The highest BCUT2D eigenvalue weighted by Gasteiger charge is 2.18. The minimum atomic E-state index is -0.292. The number of esters is 1. The average molecular weight is 317 g/mol. The molecule has 0 bridgehead atoms. The SMILES string of the molecule is COC(=O)c1ccc(CN2Cc3cccc4cccc(c34)C2)cc1. The fourth-order valence-electron chi connectivity index (χ4n) is 3.54. The van der Waals surface area contributed by atoms with Gasteiger partial charge in [-0.15, -0.1) is 0 Å². The van der Waals surface area contributed by atoms with Gasteiger partial charge in [0.25, 0.3) is 0 Å². The number of hydrogen-bond acceptors (Lipinski definition) is 3. The maximum Gasteiger partial charge on any atom is 0.337 e. The number of methoxy groups -OCH3 is 1. The van der Waals surface area contributed by atoms with Gasteiger partial charge in [0.15, 0.2) is 0 Å². The van der Waals surface area contributed by atoms with E-state index < -0.39 is 0 Å². The summed E-state index contributed by atoms with van der Waals surface area (Å²) >= 11 is 0. The number of nitrogens with zero attached hydrogens (tertiary/aromatic N) is 1. The number of ether oxygens (including phenoxy) is 1. The quantitative estimate of drug-likeness (QED) is 0.680. The molecule has 3 heteroatoms. The van der Waals surface area contributed by atoms with Crippen LogP contribution in [0.25, 0.3) is 10.8 Å². The molecule has 0 aromatic heterocycles. The largest absolute Gasteiger partial charge is 0.465 e. The van der Waals surface area contributed by atoms with Crippen molar-refractivity contribution in [3.05, 3.63) is 82.9 Å². The highest BCUT2D eigenvalue weighted by Crippen LogP contribution is 2.30. The number of carbonyl (C=O) groups excluding carboxylic acids is 1. The fraction of sp³-hybridized carbons (Fsp3) is 0.190. The van der Waals surface area contributed by atoms with Gasteiger partial charge < -0.3 is 4.74 Å². The van der Waals surface area contributed by atoms with Crippen LogP contribution >= 0.6 is 0 Å². The lowest BCUT2D eigenvalue weighted by Crippen LogP contribution is -2.26. The van der Waals surface area contributed by atoms with Crippen LogP contribution in [0.3, 0.4) is 0 Å². The molecule has 0 atom stereocenters. The first kappa shape index (κ1) is 14.9. The van der Waals surface area contributed by atoms with Crippen molar-refractivity contribution >= 4 is 16.7 Å². The zero-order valence-electron chi connectivity index (χ0n) is 13.7. The number of rotatable bonds is 3. The molecule has 0 spiro atoms. The van der Waals surface area contributed by atoms with Crippen molar-refractivity contribution in [3.63, 3.8) is 0 Å². The summed E-state index contributed by atoms with van der Waals surface area (Å²) in [5.41, 5.74) is 4.57. The lowest BCUT2D eigenvalue weighted by Gasteiger charge is -2.29. The molecule has 0 unspecified atom stereocenters. The van der Waals surface area contributed by atoms with Crippen LogP contribution < -0.4 is 0 Å². The van der Waals surface area contributed by atoms with E-state index in [1.807, 2.05) is 24.3 Å². The lowest BCUT2D eigenvalue weighted by atomic mass is 9.95. The molecule has 0 aliphatic carbocycles. The molecule has 3 aromatic carbocycles. The van der Waals surface area contributed by atoms with Crippen molar-refractivity contribution in [1.29, 1.82) is 0 Å². The van der Waals surface area contributed by atoms with Crippen LogP contribution in [0.4, 0.5) is 0 Å². The molecule has 3 nitrogen and oxygen atoms in total. The number of hydrogen-bond donors (Lipinski definition) is 0. The van der Waals surface area contributed by atoms with E-state index in [0.29, 0.717) is 5.56 Å². The van der Waals surface area contributed by atoms with Crippen LogP contribution in [0.5, 0.6) is 0 Å². The van der Waals surface area contributed by atoms with Crippen molar-refractivity contribution in [2.45, 2.75) is 19.6 Å². The molecule has 0 amide bonds. The third kappa shape index (κ3) is 2.68. The number of carbonyl (C=O) groups is 1. The van der Waals surface area contributed by atoms with E-state index in [9.17, 15) is 4.79 Å². The Morgan fingerprint density at radius 1 is 0.958 bits per heavy atom. The molecule has 1 heterocycles. The Morgan fingerprint density at radius 3 is 2.17 bits per heavy atom. The van der Waals surface area contributed by atoms with Crippen LogP contribution in [0.15, 0.2) is 60.7 Å². The normalized spacial score (nSPS) is 13.9. The second-order valence-electron chi connectivity index (χ2n) is 6.27. The molecule has 0 radical (unpaired) electrons. The van der Waals surface area contributed by atoms with Crippen LogP contribution in [0.1, 0.15) is 27.0 Å². The van der Waals surface area contributed by atoms with Crippen LogP contribution in [0.2, 0.25) is 0 Å². The molecule has 4 rings (SSSR count). The van der Waals surface area contributed by atoms with E-state index >= 15 is 0 Å². The average Bonchev–Trinajstić information content (AvgIpc) is 2.62. The van der Waals surface area contributed by atoms with Gasteiger partial charge in [0.1, 0.15) is 0 Å². The molecule has 0 fully saturated rings. The van der Waals surface area contributed by atoms with E-state index in [1.165, 1.54) is 34.6 Å². The Morgan fingerprint density at radius 2 is 1.58 bits per heavy atom. The molecular weight excluding hydrogens is 298 g/mol. The topological polar surface area (TPSA) is 29.5 Å². The first-order valence-electron chi connectivity index (χ1n) is 8.14. The minimum Gasteiger partial charge on any atom is -0.465 e. The predicted octanol–water partition coefficient (Wildman–Crippen LogP) is 4.14.